The summed E-state index contributed by atoms with van der Waals surface area (Å²) in [6, 6.07) is 11.7. The summed E-state index contributed by atoms with van der Waals surface area (Å²) in [5.41, 5.74) is 1.09. The zero-order chi connectivity index (χ0) is 22.8. The topological polar surface area (TPSA) is 89.9 Å². The van der Waals surface area contributed by atoms with E-state index in [0.29, 0.717) is 29.7 Å². The Morgan fingerprint density at radius 3 is 2.66 bits per heavy atom. The molecule has 0 saturated heterocycles. The maximum atomic E-state index is 13.1. The molecular formula is C25H34N2O5. The van der Waals surface area contributed by atoms with E-state index in [1.54, 1.807) is 6.07 Å². The van der Waals surface area contributed by atoms with E-state index in [-0.39, 0.29) is 19.3 Å². The first-order valence-corrected chi connectivity index (χ1v) is 11.3. The molecule has 0 radical (unpaired) electrons. The summed E-state index contributed by atoms with van der Waals surface area (Å²) in [7, 11) is 1.53. The Labute approximate surface area is 190 Å². The second-order valence-corrected chi connectivity index (χ2v) is 8.38. The molecule has 3 rings (SSSR count). The normalized spacial score (nSPS) is 20.5. The molecule has 1 heterocycles. The first-order chi connectivity index (χ1) is 15.6. The van der Waals surface area contributed by atoms with Crippen molar-refractivity contribution in [2.24, 2.45) is 5.92 Å². The van der Waals surface area contributed by atoms with Crippen LogP contribution in [0.5, 0.6) is 11.6 Å². The van der Waals surface area contributed by atoms with Crippen molar-refractivity contribution in [3.05, 3.63) is 53.7 Å². The predicted molar refractivity (Wildman–Crippen MR) is 122 cm³/mol. The maximum Gasteiger partial charge on any atom is 0.256 e. The summed E-state index contributed by atoms with van der Waals surface area (Å²) in [4.78, 5) is 17.4. The van der Waals surface area contributed by atoms with E-state index < -0.39 is 5.54 Å². The fourth-order valence-electron chi connectivity index (χ4n) is 4.23. The molecule has 0 bridgehead atoms. The van der Waals surface area contributed by atoms with Crippen LogP contribution >= 0.6 is 0 Å². The number of amides is 1. The Kier molecular flexibility index (Phi) is 8.88. The molecule has 174 valence electrons. The van der Waals surface area contributed by atoms with Gasteiger partial charge in [0, 0.05) is 18.7 Å². The molecule has 0 spiro atoms. The molecule has 1 saturated carbocycles. The van der Waals surface area contributed by atoms with Crippen LogP contribution in [0.3, 0.4) is 0 Å². The average Bonchev–Trinajstić information content (AvgIpc) is 2.84. The monoisotopic (exact) mass is 442 g/mol. The Bertz CT molecular complexity index is 851. The van der Waals surface area contributed by atoms with Crippen molar-refractivity contribution in [3.8, 4) is 11.6 Å². The number of benzene rings is 1. The number of aromatic nitrogens is 1. The summed E-state index contributed by atoms with van der Waals surface area (Å²) >= 11 is 0. The number of nitrogens with one attached hydrogen (secondary N) is 1. The lowest BCUT2D eigenvalue weighted by atomic mass is 9.76. The molecule has 1 fully saturated rings. The van der Waals surface area contributed by atoms with Gasteiger partial charge in [-0.15, -0.1) is 0 Å². The first kappa shape index (κ1) is 24.0. The summed E-state index contributed by atoms with van der Waals surface area (Å²) in [6.45, 7) is 2.57. The number of aliphatic hydroxyl groups is 1. The van der Waals surface area contributed by atoms with Gasteiger partial charge in [-0.2, -0.15) is 0 Å². The lowest BCUT2D eigenvalue weighted by Gasteiger charge is -2.40. The van der Waals surface area contributed by atoms with Gasteiger partial charge in [0.15, 0.2) is 5.75 Å². The molecule has 1 amide bonds. The summed E-state index contributed by atoms with van der Waals surface area (Å²) < 4.78 is 16.5. The number of rotatable bonds is 11. The number of methoxy groups -OCH3 is 1. The largest absolute Gasteiger partial charge is 0.488 e. The molecule has 7 nitrogen and oxygen atoms in total. The van der Waals surface area contributed by atoms with E-state index in [9.17, 15) is 4.79 Å². The molecule has 1 aromatic heterocycles. The zero-order valence-electron chi connectivity index (χ0n) is 19.0. The van der Waals surface area contributed by atoms with Crippen molar-refractivity contribution in [1.29, 1.82) is 0 Å². The highest BCUT2D eigenvalue weighted by Crippen LogP contribution is 2.34. The fraction of sp³-hybridized carbons (Fsp3) is 0.520. The van der Waals surface area contributed by atoms with Crippen LogP contribution in [-0.2, 0) is 11.2 Å². The molecule has 0 aliphatic heterocycles. The molecule has 0 atom stereocenters. The molecule has 1 aromatic carbocycles. The fourth-order valence-corrected chi connectivity index (χ4v) is 4.23. The second-order valence-electron chi connectivity index (χ2n) is 8.38. The molecule has 32 heavy (non-hydrogen) atoms. The molecule has 1 aliphatic carbocycles. The van der Waals surface area contributed by atoms with Crippen LogP contribution in [0, 0.1) is 5.92 Å². The minimum atomic E-state index is -0.486. The van der Waals surface area contributed by atoms with E-state index in [0.717, 1.165) is 38.5 Å². The summed E-state index contributed by atoms with van der Waals surface area (Å²) in [5, 5.41) is 12.3. The van der Waals surface area contributed by atoms with Gasteiger partial charge in [0.05, 0.1) is 31.4 Å². The summed E-state index contributed by atoms with van der Waals surface area (Å²) in [6.07, 6.45) is 7.07. The third kappa shape index (κ3) is 6.43. The number of hydrogen-bond donors (Lipinski definition) is 2. The van der Waals surface area contributed by atoms with E-state index >= 15 is 0 Å². The van der Waals surface area contributed by atoms with Gasteiger partial charge in [0.2, 0.25) is 0 Å². The number of aliphatic hydroxyl groups excluding tert-OH is 1. The number of nitrogens with zero attached hydrogens (tertiary/aromatic N) is 1. The third-order valence-corrected chi connectivity index (χ3v) is 6.25. The van der Waals surface area contributed by atoms with Gasteiger partial charge in [-0.05, 0) is 37.2 Å². The highest BCUT2D eigenvalue weighted by molar-refractivity contribution is 5.95. The molecule has 2 aromatic rings. The van der Waals surface area contributed by atoms with Crippen LogP contribution in [0.4, 0.5) is 0 Å². The Morgan fingerprint density at radius 1 is 1.25 bits per heavy atom. The Balaban J connectivity index is 1.68. The van der Waals surface area contributed by atoms with Crippen LogP contribution in [0.25, 0.3) is 0 Å². The van der Waals surface area contributed by atoms with Crippen LogP contribution in [0.15, 0.2) is 42.6 Å². The molecule has 0 unspecified atom stereocenters. The van der Waals surface area contributed by atoms with Crippen LogP contribution < -0.4 is 14.8 Å². The quantitative estimate of drug-likeness (QED) is 0.515. The molecule has 2 N–H and O–H groups in total. The van der Waals surface area contributed by atoms with E-state index in [1.807, 2.05) is 30.3 Å². The lowest BCUT2D eigenvalue weighted by Crippen LogP contribution is -2.54. The van der Waals surface area contributed by atoms with E-state index in [2.05, 4.69) is 17.2 Å². The van der Waals surface area contributed by atoms with Crippen molar-refractivity contribution >= 4 is 5.91 Å². The third-order valence-electron chi connectivity index (χ3n) is 6.25. The maximum absolute atomic E-state index is 13.1. The highest BCUT2D eigenvalue weighted by atomic mass is 16.6. The van der Waals surface area contributed by atoms with Crippen molar-refractivity contribution < 1.29 is 24.1 Å². The van der Waals surface area contributed by atoms with E-state index in [4.69, 9.17) is 19.3 Å². The van der Waals surface area contributed by atoms with Gasteiger partial charge in [0.1, 0.15) is 6.79 Å². The Hall–Kier alpha value is -2.64. The van der Waals surface area contributed by atoms with Gasteiger partial charge in [-0.3, -0.25) is 4.79 Å². The first-order valence-electron chi connectivity index (χ1n) is 11.3. The van der Waals surface area contributed by atoms with Crippen LogP contribution in [0.1, 0.15) is 54.9 Å². The minimum absolute atomic E-state index is 0.232. The van der Waals surface area contributed by atoms with Crippen molar-refractivity contribution in [2.45, 2.75) is 51.0 Å². The highest BCUT2D eigenvalue weighted by Gasteiger charge is 2.37. The standard InChI is InChI=1S/C25H34N2O5/c1-3-19-9-12-25(13-10-19,17-31-18-28)27-23(29)21-15-22(24(30-2)26-16-21)32-14-11-20-7-5-4-6-8-20/h4-8,15-16,19,28H,3,9-14,17-18H2,1-2H3,(H,27,29). The number of ether oxygens (including phenoxy) is 3. The molecular weight excluding hydrogens is 408 g/mol. The van der Waals surface area contributed by atoms with Gasteiger partial charge < -0.3 is 24.6 Å². The van der Waals surface area contributed by atoms with Gasteiger partial charge in [0.25, 0.3) is 11.8 Å². The van der Waals surface area contributed by atoms with Gasteiger partial charge in [-0.25, -0.2) is 4.98 Å². The summed E-state index contributed by atoms with van der Waals surface area (Å²) in [5.74, 6) is 1.22. The van der Waals surface area contributed by atoms with E-state index in [1.165, 1.54) is 18.9 Å². The smallest absolute Gasteiger partial charge is 0.256 e. The van der Waals surface area contributed by atoms with Crippen molar-refractivity contribution in [2.75, 3.05) is 27.1 Å². The van der Waals surface area contributed by atoms with Gasteiger partial charge in [-0.1, -0.05) is 43.7 Å². The second kappa shape index (κ2) is 11.8. The van der Waals surface area contributed by atoms with Crippen molar-refractivity contribution in [3.63, 3.8) is 0 Å². The molecule has 7 heteroatoms. The number of carbonyl (C=O) groups excluding carboxylic acids is 1. The Morgan fingerprint density at radius 2 is 2.00 bits per heavy atom. The minimum Gasteiger partial charge on any atom is -0.488 e. The SMILES string of the molecule is CCC1CCC(COCO)(NC(=O)c2cnc(OC)c(OCCc3ccccc3)c2)CC1. The number of pyridine rings is 1. The van der Waals surface area contributed by atoms with Gasteiger partial charge >= 0.3 is 0 Å². The lowest BCUT2D eigenvalue weighted by molar-refractivity contribution is -0.0396. The predicted octanol–water partition coefficient (Wildman–Crippen LogP) is 3.75. The van der Waals surface area contributed by atoms with Crippen LogP contribution in [0.2, 0.25) is 0 Å². The van der Waals surface area contributed by atoms with Crippen LogP contribution in [-0.4, -0.2) is 48.7 Å². The number of hydrogen-bond acceptors (Lipinski definition) is 6. The zero-order valence-corrected chi connectivity index (χ0v) is 19.0. The molecule has 1 aliphatic rings. The van der Waals surface area contributed by atoms with Crippen molar-refractivity contribution in [1.82, 2.24) is 10.3 Å². The number of carbonyl (C=O) groups is 1. The average molecular weight is 443 g/mol.